The van der Waals surface area contributed by atoms with E-state index in [1.807, 2.05) is 31.2 Å². The number of aromatic nitrogens is 1. The highest BCUT2D eigenvalue weighted by atomic mass is 79.9. The van der Waals surface area contributed by atoms with E-state index in [1.165, 1.54) is 6.07 Å². The summed E-state index contributed by atoms with van der Waals surface area (Å²) in [5.41, 5.74) is 1.89. The molecule has 18 heavy (non-hydrogen) atoms. The molecular formula is C14H14BrFN2. The molecule has 0 aliphatic rings. The van der Waals surface area contributed by atoms with Crippen LogP contribution in [0.5, 0.6) is 0 Å². The van der Waals surface area contributed by atoms with Crippen LogP contribution in [-0.2, 0) is 6.54 Å². The largest absolute Gasteiger partial charge is 0.305 e. The molecule has 2 aromatic rings. The minimum Gasteiger partial charge on any atom is -0.305 e. The summed E-state index contributed by atoms with van der Waals surface area (Å²) >= 11 is 3.34. The van der Waals surface area contributed by atoms with E-state index < -0.39 is 0 Å². The molecule has 1 atom stereocenters. The number of pyridine rings is 1. The second kappa shape index (κ2) is 6.07. The van der Waals surface area contributed by atoms with E-state index in [0.717, 1.165) is 15.9 Å². The molecular weight excluding hydrogens is 295 g/mol. The summed E-state index contributed by atoms with van der Waals surface area (Å²) in [6, 6.07) is 12.5. The van der Waals surface area contributed by atoms with Crippen LogP contribution in [-0.4, -0.2) is 4.98 Å². The van der Waals surface area contributed by atoms with Gasteiger partial charge >= 0.3 is 0 Å². The quantitative estimate of drug-likeness (QED) is 0.868. The highest BCUT2D eigenvalue weighted by Crippen LogP contribution is 2.14. The molecule has 1 N–H and O–H groups in total. The molecule has 0 unspecified atom stereocenters. The molecule has 1 aromatic carbocycles. The van der Waals surface area contributed by atoms with Crippen LogP contribution in [0.25, 0.3) is 0 Å². The Morgan fingerprint density at radius 2 is 2.06 bits per heavy atom. The maximum atomic E-state index is 13.1. The monoisotopic (exact) mass is 308 g/mol. The first-order chi connectivity index (χ1) is 8.65. The molecule has 0 saturated heterocycles. The molecule has 4 heteroatoms. The topological polar surface area (TPSA) is 24.9 Å². The molecule has 0 bridgehead atoms. The van der Waals surface area contributed by atoms with E-state index in [-0.39, 0.29) is 11.9 Å². The van der Waals surface area contributed by atoms with E-state index in [9.17, 15) is 4.39 Å². The van der Waals surface area contributed by atoms with E-state index in [0.29, 0.717) is 6.54 Å². The Kier molecular flexibility index (Phi) is 4.44. The first kappa shape index (κ1) is 13.2. The summed E-state index contributed by atoms with van der Waals surface area (Å²) in [6.45, 7) is 2.66. The lowest BCUT2D eigenvalue weighted by molar-refractivity contribution is 0.559. The first-order valence-corrected chi connectivity index (χ1v) is 6.55. The number of hydrogen-bond acceptors (Lipinski definition) is 2. The summed E-state index contributed by atoms with van der Waals surface area (Å²) in [5, 5.41) is 3.32. The van der Waals surface area contributed by atoms with Gasteiger partial charge in [0.25, 0.3) is 0 Å². The van der Waals surface area contributed by atoms with Crippen LogP contribution in [0.3, 0.4) is 0 Å². The minimum absolute atomic E-state index is 0.0847. The number of hydrogen-bond donors (Lipinski definition) is 1. The van der Waals surface area contributed by atoms with Crippen molar-refractivity contribution < 1.29 is 4.39 Å². The number of benzene rings is 1. The zero-order valence-electron chi connectivity index (χ0n) is 10.0. The van der Waals surface area contributed by atoms with Gasteiger partial charge in [-0.05, 0) is 52.7 Å². The lowest BCUT2D eigenvalue weighted by Gasteiger charge is -2.14. The molecule has 0 amide bonds. The highest BCUT2D eigenvalue weighted by Gasteiger charge is 2.06. The maximum Gasteiger partial charge on any atom is 0.123 e. The standard InChI is InChI=1S/C14H14BrFN2/c1-10(11-4-2-5-12(16)8-11)17-9-13-6-3-7-14(15)18-13/h2-8,10,17H,9H2,1H3/t10-/m0/s1. The second-order valence-electron chi connectivity index (χ2n) is 4.11. The Morgan fingerprint density at radius 1 is 1.28 bits per heavy atom. The molecule has 0 saturated carbocycles. The van der Waals surface area contributed by atoms with Gasteiger partial charge in [-0.3, -0.25) is 0 Å². The van der Waals surface area contributed by atoms with Gasteiger partial charge in [0.15, 0.2) is 0 Å². The van der Waals surface area contributed by atoms with Crippen molar-refractivity contribution in [1.29, 1.82) is 0 Å². The normalized spacial score (nSPS) is 12.4. The zero-order chi connectivity index (χ0) is 13.0. The van der Waals surface area contributed by atoms with Gasteiger partial charge in [-0.25, -0.2) is 9.37 Å². The third-order valence-electron chi connectivity index (χ3n) is 2.71. The van der Waals surface area contributed by atoms with Crippen LogP contribution in [0.4, 0.5) is 4.39 Å². The van der Waals surface area contributed by atoms with Crippen molar-refractivity contribution in [2.75, 3.05) is 0 Å². The maximum absolute atomic E-state index is 13.1. The second-order valence-corrected chi connectivity index (χ2v) is 4.92. The summed E-state index contributed by atoms with van der Waals surface area (Å²) < 4.78 is 13.9. The molecule has 0 aliphatic heterocycles. The van der Waals surface area contributed by atoms with Gasteiger partial charge in [-0.15, -0.1) is 0 Å². The smallest absolute Gasteiger partial charge is 0.123 e. The van der Waals surface area contributed by atoms with Crippen LogP contribution >= 0.6 is 15.9 Å². The minimum atomic E-state index is -0.207. The molecule has 0 aliphatic carbocycles. The zero-order valence-corrected chi connectivity index (χ0v) is 11.6. The van der Waals surface area contributed by atoms with Crippen molar-refractivity contribution in [3.05, 3.63) is 64.1 Å². The van der Waals surface area contributed by atoms with Crippen molar-refractivity contribution in [2.24, 2.45) is 0 Å². The number of rotatable bonds is 4. The third kappa shape index (κ3) is 3.62. The molecule has 0 fully saturated rings. The third-order valence-corrected chi connectivity index (χ3v) is 3.15. The highest BCUT2D eigenvalue weighted by molar-refractivity contribution is 9.10. The summed E-state index contributed by atoms with van der Waals surface area (Å²) in [4.78, 5) is 4.34. The number of nitrogens with zero attached hydrogens (tertiary/aromatic N) is 1. The molecule has 2 rings (SSSR count). The average molecular weight is 309 g/mol. The van der Waals surface area contributed by atoms with Crippen molar-refractivity contribution in [1.82, 2.24) is 10.3 Å². The predicted octanol–water partition coefficient (Wildman–Crippen LogP) is 3.83. The molecule has 1 heterocycles. The van der Waals surface area contributed by atoms with E-state index >= 15 is 0 Å². The Hall–Kier alpha value is -1.26. The Morgan fingerprint density at radius 3 is 2.78 bits per heavy atom. The van der Waals surface area contributed by atoms with Crippen molar-refractivity contribution in [3.63, 3.8) is 0 Å². The van der Waals surface area contributed by atoms with Crippen LogP contribution < -0.4 is 5.32 Å². The number of nitrogens with one attached hydrogen (secondary N) is 1. The van der Waals surface area contributed by atoms with Crippen LogP contribution in [0, 0.1) is 5.82 Å². The Labute approximate surface area is 114 Å². The van der Waals surface area contributed by atoms with E-state index in [2.05, 4.69) is 26.2 Å². The van der Waals surface area contributed by atoms with E-state index in [4.69, 9.17) is 0 Å². The molecule has 1 aromatic heterocycles. The summed E-state index contributed by atoms with van der Waals surface area (Å²) in [7, 11) is 0. The van der Waals surface area contributed by atoms with Gasteiger partial charge in [0, 0.05) is 12.6 Å². The Balaban J connectivity index is 1.98. The number of halogens is 2. The van der Waals surface area contributed by atoms with Gasteiger partial charge in [0.2, 0.25) is 0 Å². The molecule has 0 radical (unpaired) electrons. The van der Waals surface area contributed by atoms with Crippen LogP contribution in [0.1, 0.15) is 24.2 Å². The van der Waals surface area contributed by atoms with Gasteiger partial charge in [0.05, 0.1) is 5.69 Å². The summed E-state index contributed by atoms with van der Waals surface area (Å²) in [6.07, 6.45) is 0. The van der Waals surface area contributed by atoms with Crippen molar-refractivity contribution in [2.45, 2.75) is 19.5 Å². The van der Waals surface area contributed by atoms with Gasteiger partial charge in [-0.1, -0.05) is 18.2 Å². The van der Waals surface area contributed by atoms with Gasteiger partial charge < -0.3 is 5.32 Å². The van der Waals surface area contributed by atoms with Crippen LogP contribution in [0.2, 0.25) is 0 Å². The average Bonchev–Trinajstić information content (AvgIpc) is 2.36. The Bertz CT molecular complexity index is 531. The lowest BCUT2D eigenvalue weighted by Crippen LogP contribution is -2.18. The van der Waals surface area contributed by atoms with Gasteiger partial charge in [-0.2, -0.15) is 0 Å². The predicted molar refractivity (Wildman–Crippen MR) is 73.6 cm³/mol. The van der Waals surface area contributed by atoms with Gasteiger partial charge in [0.1, 0.15) is 10.4 Å². The van der Waals surface area contributed by atoms with Crippen LogP contribution in [0.15, 0.2) is 47.1 Å². The lowest BCUT2D eigenvalue weighted by atomic mass is 10.1. The van der Waals surface area contributed by atoms with E-state index in [1.54, 1.807) is 12.1 Å². The molecule has 0 spiro atoms. The van der Waals surface area contributed by atoms with Crippen molar-refractivity contribution in [3.8, 4) is 0 Å². The fourth-order valence-electron chi connectivity index (χ4n) is 1.70. The SMILES string of the molecule is C[C@H](NCc1cccc(Br)n1)c1cccc(F)c1. The first-order valence-electron chi connectivity index (χ1n) is 5.75. The summed E-state index contributed by atoms with van der Waals surface area (Å²) in [5.74, 6) is -0.207. The fraction of sp³-hybridized carbons (Fsp3) is 0.214. The molecule has 2 nitrogen and oxygen atoms in total. The molecule has 94 valence electrons. The fourth-order valence-corrected chi connectivity index (χ4v) is 2.08. The van der Waals surface area contributed by atoms with Crippen molar-refractivity contribution >= 4 is 15.9 Å².